The number of rotatable bonds is 2. The van der Waals surface area contributed by atoms with Crippen molar-refractivity contribution >= 4 is 5.95 Å². The second-order valence-electron chi connectivity index (χ2n) is 4.88. The zero-order valence-electron chi connectivity index (χ0n) is 11.9. The molecule has 0 aliphatic carbocycles. The maximum atomic E-state index is 7.35. The molecule has 0 fully saturated rings. The van der Waals surface area contributed by atoms with E-state index in [-0.39, 0.29) is 5.95 Å². The lowest BCUT2D eigenvalue weighted by atomic mass is 10.1. The van der Waals surface area contributed by atoms with E-state index in [1.54, 1.807) is 0 Å². The van der Waals surface area contributed by atoms with E-state index in [1.165, 1.54) is 0 Å². The maximum absolute atomic E-state index is 7.35. The summed E-state index contributed by atoms with van der Waals surface area (Å²) in [7, 11) is 0. The summed E-state index contributed by atoms with van der Waals surface area (Å²) in [6, 6.07) is 15.9. The highest BCUT2D eigenvalue weighted by Gasteiger charge is 2.20. The maximum Gasteiger partial charge on any atom is 0.367 e. The van der Waals surface area contributed by atoms with Crippen LogP contribution in [0.25, 0.3) is 21.9 Å². The fourth-order valence-electron chi connectivity index (χ4n) is 2.49. The van der Waals surface area contributed by atoms with Crippen molar-refractivity contribution in [3.63, 3.8) is 0 Å². The summed E-state index contributed by atoms with van der Waals surface area (Å²) >= 11 is 0. The van der Waals surface area contributed by atoms with Crippen LogP contribution in [-0.4, -0.2) is 14.8 Å². The molecule has 102 valence electrons. The molecule has 0 N–H and O–H groups in total. The van der Waals surface area contributed by atoms with E-state index in [0.29, 0.717) is 5.82 Å². The third kappa shape index (κ3) is 2.19. The minimum absolute atomic E-state index is 0.284. The SMILES string of the molecule is [C-]#[N+]c1nnc(-c2ccccc2)n1-c1c(C)cccc1C. The first-order valence-electron chi connectivity index (χ1n) is 6.67. The molecular formula is C17H14N4. The first-order valence-corrected chi connectivity index (χ1v) is 6.67. The van der Waals surface area contributed by atoms with Gasteiger partial charge in [0.25, 0.3) is 0 Å². The van der Waals surface area contributed by atoms with Gasteiger partial charge in [-0.1, -0.05) is 41.5 Å². The second kappa shape index (κ2) is 5.22. The second-order valence-corrected chi connectivity index (χ2v) is 4.88. The van der Waals surface area contributed by atoms with Crippen LogP contribution in [0, 0.1) is 20.4 Å². The molecule has 0 saturated carbocycles. The minimum Gasteiger partial charge on any atom is -0.395 e. The number of aryl methyl sites for hydroxylation is 2. The molecule has 21 heavy (non-hydrogen) atoms. The Labute approximate surface area is 123 Å². The van der Waals surface area contributed by atoms with E-state index in [0.717, 1.165) is 22.4 Å². The lowest BCUT2D eigenvalue weighted by Crippen LogP contribution is -2.02. The van der Waals surface area contributed by atoms with Gasteiger partial charge < -0.3 is 4.85 Å². The number of para-hydroxylation sites is 1. The molecule has 1 aromatic heterocycles. The molecule has 0 aliphatic rings. The van der Waals surface area contributed by atoms with E-state index < -0.39 is 0 Å². The lowest BCUT2D eigenvalue weighted by Gasteiger charge is -2.11. The first-order chi connectivity index (χ1) is 10.2. The lowest BCUT2D eigenvalue weighted by molar-refractivity contribution is 1.05. The predicted molar refractivity (Wildman–Crippen MR) is 82.5 cm³/mol. The number of aromatic nitrogens is 3. The van der Waals surface area contributed by atoms with Gasteiger partial charge in [0, 0.05) is 5.56 Å². The Balaban J connectivity index is 2.33. The minimum atomic E-state index is 0.284. The van der Waals surface area contributed by atoms with E-state index in [2.05, 4.69) is 15.0 Å². The number of nitrogens with zero attached hydrogens (tertiary/aromatic N) is 4. The van der Waals surface area contributed by atoms with E-state index in [9.17, 15) is 0 Å². The molecule has 3 aromatic rings. The Morgan fingerprint density at radius 2 is 1.57 bits per heavy atom. The van der Waals surface area contributed by atoms with Crippen molar-refractivity contribution in [1.29, 1.82) is 0 Å². The van der Waals surface area contributed by atoms with Crippen LogP contribution in [-0.2, 0) is 0 Å². The highest BCUT2D eigenvalue weighted by Crippen LogP contribution is 2.30. The molecular weight excluding hydrogens is 260 g/mol. The highest BCUT2D eigenvalue weighted by molar-refractivity contribution is 5.64. The summed E-state index contributed by atoms with van der Waals surface area (Å²) < 4.78 is 1.84. The normalized spacial score (nSPS) is 10.3. The van der Waals surface area contributed by atoms with Gasteiger partial charge in [0.2, 0.25) is 5.82 Å². The number of hydrogen-bond donors (Lipinski definition) is 0. The summed E-state index contributed by atoms with van der Waals surface area (Å²) in [5.41, 5.74) is 4.11. The molecule has 0 saturated heterocycles. The third-order valence-electron chi connectivity index (χ3n) is 3.44. The summed E-state index contributed by atoms with van der Waals surface area (Å²) in [5.74, 6) is 0.977. The quantitative estimate of drug-likeness (QED) is 0.659. The van der Waals surface area contributed by atoms with Gasteiger partial charge in [-0.25, -0.2) is 4.57 Å². The van der Waals surface area contributed by atoms with Crippen LogP contribution in [0.2, 0.25) is 0 Å². The van der Waals surface area contributed by atoms with Gasteiger partial charge in [-0.15, -0.1) is 6.57 Å². The van der Waals surface area contributed by atoms with Crippen molar-refractivity contribution < 1.29 is 0 Å². The van der Waals surface area contributed by atoms with Gasteiger partial charge >= 0.3 is 5.95 Å². The van der Waals surface area contributed by atoms with E-state index in [4.69, 9.17) is 6.57 Å². The van der Waals surface area contributed by atoms with Crippen molar-refractivity contribution in [3.8, 4) is 17.1 Å². The zero-order valence-corrected chi connectivity index (χ0v) is 11.9. The Morgan fingerprint density at radius 1 is 0.905 bits per heavy atom. The molecule has 1 heterocycles. The first kappa shape index (κ1) is 13.1. The molecule has 0 aliphatic heterocycles. The summed E-state index contributed by atoms with van der Waals surface area (Å²) in [6.07, 6.45) is 0. The standard InChI is InChI=1S/C17H14N4/c1-12-8-7-9-13(2)15(12)21-16(19-20-17(21)18-3)14-10-5-4-6-11-14/h4-11H,1-2H3. The Hall–Kier alpha value is -2.93. The largest absolute Gasteiger partial charge is 0.395 e. The van der Waals surface area contributed by atoms with Crippen molar-refractivity contribution in [2.75, 3.05) is 0 Å². The van der Waals surface area contributed by atoms with Gasteiger partial charge in [0.05, 0.1) is 5.69 Å². The average Bonchev–Trinajstić information content (AvgIpc) is 2.92. The highest BCUT2D eigenvalue weighted by atomic mass is 15.3. The molecule has 0 bridgehead atoms. The van der Waals surface area contributed by atoms with E-state index >= 15 is 0 Å². The Kier molecular flexibility index (Phi) is 3.25. The number of benzene rings is 2. The molecule has 0 atom stereocenters. The average molecular weight is 274 g/mol. The summed E-state index contributed by atoms with van der Waals surface area (Å²) in [5, 5.41) is 8.24. The van der Waals surface area contributed by atoms with Gasteiger partial charge in [-0.3, -0.25) is 0 Å². The predicted octanol–water partition coefficient (Wildman–Crippen LogP) is 4.10. The van der Waals surface area contributed by atoms with Crippen LogP contribution in [0.15, 0.2) is 48.5 Å². The van der Waals surface area contributed by atoms with Gasteiger partial charge in [-0.05, 0) is 42.2 Å². The molecule has 0 amide bonds. The van der Waals surface area contributed by atoms with Gasteiger partial charge in [0.15, 0.2) is 0 Å². The van der Waals surface area contributed by atoms with Crippen molar-refractivity contribution in [1.82, 2.24) is 14.8 Å². The number of hydrogen-bond acceptors (Lipinski definition) is 2. The smallest absolute Gasteiger partial charge is 0.367 e. The van der Waals surface area contributed by atoms with Crippen LogP contribution in [0.3, 0.4) is 0 Å². The topological polar surface area (TPSA) is 35.1 Å². The van der Waals surface area contributed by atoms with Crippen LogP contribution < -0.4 is 0 Å². The van der Waals surface area contributed by atoms with Gasteiger partial charge in [0.1, 0.15) is 0 Å². The van der Waals surface area contributed by atoms with Crippen LogP contribution in [0.1, 0.15) is 11.1 Å². The molecule has 2 aromatic carbocycles. The van der Waals surface area contributed by atoms with Crippen LogP contribution in [0.5, 0.6) is 0 Å². The fraction of sp³-hybridized carbons (Fsp3) is 0.118. The van der Waals surface area contributed by atoms with Gasteiger partial charge in [-0.2, -0.15) is 0 Å². The molecule has 4 nitrogen and oxygen atoms in total. The molecule has 4 heteroatoms. The van der Waals surface area contributed by atoms with Crippen molar-refractivity contribution in [3.05, 3.63) is 71.1 Å². The van der Waals surface area contributed by atoms with Crippen LogP contribution in [0.4, 0.5) is 5.95 Å². The summed E-state index contributed by atoms with van der Waals surface area (Å²) in [6.45, 7) is 11.4. The Bertz CT molecular complexity index is 805. The molecule has 0 unspecified atom stereocenters. The van der Waals surface area contributed by atoms with E-state index in [1.807, 2.05) is 66.9 Å². The van der Waals surface area contributed by atoms with Crippen LogP contribution >= 0.6 is 0 Å². The zero-order chi connectivity index (χ0) is 14.8. The molecule has 0 spiro atoms. The monoisotopic (exact) mass is 274 g/mol. The van der Waals surface area contributed by atoms with Crippen molar-refractivity contribution in [2.45, 2.75) is 13.8 Å². The Morgan fingerprint density at radius 3 is 2.19 bits per heavy atom. The third-order valence-corrected chi connectivity index (χ3v) is 3.44. The summed E-state index contributed by atoms with van der Waals surface area (Å²) in [4.78, 5) is 3.51. The molecule has 0 radical (unpaired) electrons. The fourth-order valence-corrected chi connectivity index (χ4v) is 2.49. The van der Waals surface area contributed by atoms with Crippen molar-refractivity contribution in [2.24, 2.45) is 0 Å². The molecule has 3 rings (SSSR count).